The second kappa shape index (κ2) is 7.44. The summed E-state index contributed by atoms with van der Waals surface area (Å²) in [7, 11) is 0. The summed E-state index contributed by atoms with van der Waals surface area (Å²) in [6.45, 7) is 4.54. The lowest BCUT2D eigenvalue weighted by Gasteiger charge is -2.12. The number of hydrogen-bond acceptors (Lipinski definition) is 4. The highest BCUT2D eigenvalue weighted by atomic mass is 127. The summed E-state index contributed by atoms with van der Waals surface area (Å²) >= 11 is 9.60. The SMILES string of the molecule is C=C(Cl)C(=O)OCc1cc(I)cc(I)c1OC(C)=O. The van der Waals surface area contributed by atoms with Gasteiger partial charge in [-0.25, -0.2) is 4.79 Å². The van der Waals surface area contributed by atoms with Crippen LogP contribution in [0.4, 0.5) is 0 Å². The van der Waals surface area contributed by atoms with E-state index < -0.39 is 11.9 Å². The number of esters is 2. The van der Waals surface area contributed by atoms with Crippen LogP contribution in [0.3, 0.4) is 0 Å². The molecule has 0 N–H and O–H groups in total. The highest BCUT2D eigenvalue weighted by molar-refractivity contribution is 14.1. The Kier molecular flexibility index (Phi) is 6.54. The highest BCUT2D eigenvalue weighted by Gasteiger charge is 2.14. The lowest BCUT2D eigenvalue weighted by Crippen LogP contribution is -2.09. The standard InChI is InChI=1S/C12H9ClI2O4/c1-6(13)12(17)18-5-8-3-9(14)4-10(15)11(8)19-7(2)16/h3-4H,1,5H2,2H3. The smallest absolute Gasteiger partial charge is 0.349 e. The minimum atomic E-state index is -0.704. The number of halogens is 3. The summed E-state index contributed by atoms with van der Waals surface area (Å²) in [6, 6.07) is 3.62. The third kappa shape index (κ3) is 5.27. The van der Waals surface area contributed by atoms with E-state index in [1.165, 1.54) is 6.92 Å². The molecule has 0 spiro atoms. The van der Waals surface area contributed by atoms with Gasteiger partial charge in [-0.2, -0.15) is 0 Å². The van der Waals surface area contributed by atoms with Crippen LogP contribution in [0.1, 0.15) is 12.5 Å². The zero-order valence-corrected chi connectivity index (χ0v) is 14.9. The molecule has 0 heterocycles. The van der Waals surface area contributed by atoms with Crippen LogP contribution in [0.25, 0.3) is 0 Å². The van der Waals surface area contributed by atoms with E-state index in [-0.39, 0.29) is 11.6 Å². The molecule has 1 aromatic carbocycles. The second-order valence-electron chi connectivity index (χ2n) is 3.45. The molecule has 4 nitrogen and oxygen atoms in total. The van der Waals surface area contributed by atoms with Gasteiger partial charge in [0.1, 0.15) is 11.6 Å². The summed E-state index contributed by atoms with van der Waals surface area (Å²) in [5.41, 5.74) is 0.595. The van der Waals surface area contributed by atoms with Gasteiger partial charge < -0.3 is 9.47 Å². The Bertz CT molecular complexity index is 543. The maximum atomic E-state index is 11.3. The molecule has 102 valence electrons. The van der Waals surface area contributed by atoms with Crippen LogP contribution in [-0.4, -0.2) is 11.9 Å². The Morgan fingerprint density at radius 1 is 1.37 bits per heavy atom. The molecule has 19 heavy (non-hydrogen) atoms. The summed E-state index contributed by atoms with van der Waals surface area (Å²) in [5, 5.41) is -0.200. The molecule has 0 fully saturated rings. The summed E-state index contributed by atoms with van der Waals surface area (Å²) < 4.78 is 11.8. The number of rotatable bonds is 4. The van der Waals surface area contributed by atoms with E-state index in [4.69, 9.17) is 21.1 Å². The van der Waals surface area contributed by atoms with Crippen LogP contribution in [0, 0.1) is 7.14 Å². The predicted octanol–water partition coefficient (Wildman–Crippen LogP) is 3.62. The van der Waals surface area contributed by atoms with E-state index in [1.54, 1.807) is 6.07 Å². The van der Waals surface area contributed by atoms with Crippen molar-refractivity contribution in [2.75, 3.05) is 0 Å². The molecule has 0 radical (unpaired) electrons. The van der Waals surface area contributed by atoms with Crippen molar-refractivity contribution in [3.63, 3.8) is 0 Å². The predicted molar refractivity (Wildman–Crippen MR) is 88.0 cm³/mol. The van der Waals surface area contributed by atoms with Crippen LogP contribution in [-0.2, 0) is 20.9 Å². The first-order valence-electron chi connectivity index (χ1n) is 4.99. The first kappa shape index (κ1) is 16.7. The van der Waals surface area contributed by atoms with Crippen molar-refractivity contribution in [3.8, 4) is 5.75 Å². The van der Waals surface area contributed by atoms with Gasteiger partial charge in [-0.05, 0) is 57.3 Å². The monoisotopic (exact) mass is 506 g/mol. The highest BCUT2D eigenvalue weighted by Crippen LogP contribution is 2.29. The zero-order valence-electron chi connectivity index (χ0n) is 9.84. The maximum absolute atomic E-state index is 11.3. The number of hydrogen-bond donors (Lipinski definition) is 0. The molecule has 1 rings (SSSR count). The van der Waals surface area contributed by atoms with Gasteiger partial charge in [-0.3, -0.25) is 4.79 Å². The molecule has 0 unspecified atom stereocenters. The first-order chi connectivity index (χ1) is 8.81. The van der Waals surface area contributed by atoms with E-state index >= 15 is 0 Å². The molecule has 0 saturated heterocycles. The molecule has 0 bridgehead atoms. The van der Waals surface area contributed by atoms with Crippen molar-refractivity contribution in [2.45, 2.75) is 13.5 Å². The Morgan fingerprint density at radius 3 is 2.53 bits per heavy atom. The molecule has 0 aromatic heterocycles. The molecule has 0 atom stereocenters. The van der Waals surface area contributed by atoms with Gasteiger partial charge in [0.05, 0.1) is 3.57 Å². The number of ether oxygens (including phenoxy) is 2. The molecule has 0 aliphatic heterocycles. The Labute approximate surface area is 142 Å². The second-order valence-corrected chi connectivity index (χ2v) is 6.31. The Hall–Kier alpha value is -0.350. The summed E-state index contributed by atoms with van der Waals surface area (Å²) in [5.74, 6) is -0.751. The van der Waals surface area contributed by atoms with E-state index in [1.807, 2.05) is 28.7 Å². The van der Waals surface area contributed by atoms with Crippen LogP contribution < -0.4 is 4.74 Å². The average Bonchev–Trinajstić information content (AvgIpc) is 2.29. The van der Waals surface area contributed by atoms with E-state index in [0.717, 1.165) is 7.14 Å². The third-order valence-corrected chi connectivity index (χ3v) is 3.49. The Morgan fingerprint density at radius 2 is 2.00 bits per heavy atom. The van der Waals surface area contributed by atoms with Crippen LogP contribution in [0.15, 0.2) is 23.7 Å². The zero-order chi connectivity index (χ0) is 14.6. The average molecular weight is 506 g/mol. The van der Waals surface area contributed by atoms with E-state index in [0.29, 0.717) is 11.3 Å². The lowest BCUT2D eigenvalue weighted by molar-refractivity contribution is -0.139. The third-order valence-electron chi connectivity index (χ3n) is 1.91. The van der Waals surface area contributed by atoms with Gasteiger partial charge >= 0.3 is 11.9 Å². The van der Waals surface area contributed by atoms with Gasteiger partial charge in [0.2, 0.25) is 0 Å². The fourth-order valence-corrected chi connectivity index (χ4v) is 3.33. The van der Waals surface area contributed by atoms with Crippen molar-refractivity contribution in [1.29, 1.82) is 0 Å². The van der Waals surface area contributed by atoms with Gasteiger partial charge in [-0.15, -0.1) is 0 Å². The fraction of sp³-hybridized carbons (Fsp3) is 0.167. The van der Waals surface area contributed by atoms with Gasteiger partial charge in [-0.1, -0.05) is 18.2 Å². The topological polar surface area (TPSA) is 52.6 Å². The minimum absolute atomic E-state index is 0.0416. The molecule has 0 aliphatic rings. The molecular formula is C12H9ClI2O4. The van der Waals surface area contributed by atoms with Gasteiger partial charge in [0.15, 0.2) is 5.75 Å². The number of benzene rings is 1. The van der Waals surface area contributed by atoms with Crippen LogP contribution in [0.5, 0.6) is 5.75 Å². The minimum Gasteiger partial charge on any atom is -0.456 e. The van der Waals surface area contributed by atoms with Crippen molar-refractivity contribution in [1.82, 2.24) is 0 Å². The van der Waals surface area contributed by atoms with Crippen LogP contribution >= 0.6 is 56.8 Å². The number of carbonyl (C=O) groups excluding carboxylic acids is 2. The number of carbonyl (C=O) groups is 2. The van der Waals surface area contributed by atoms with E-state index in [2.05, 4.69) is 29.2 Å². The Balaban J connectivity index is 3.00. The molecule has 7 heteroatoms. The van der Waals surface area contributed by atoms with Crippen LogP contribution in [0.2, 0.25) is 0 Å². The van der Waals surface area contributed by atoms with E-state index in [9.17, 15) is 9.59 Å². The van der Waals surface area contributed by atoms with Crippen molar-refractivity contribution >= 4 is 68.7 Å². The van der Waals surface area contributed by atoms with Crippen molar-refractivity contribution < 1.29 is 19.1 Å². The fourth-order valence-electron chi connectivity index (χ4n) is 1.20. The molecule has 1 aromatic rings. The maximum Gasteiger partial charge on any atom is 0.349 e. The van der Waals surface area contributed by atoms with Crippen molar-refractivity contribution in [2.24, 2.45) is 0 Å². The molecule has 0 amide bonds. The molecule has 0 aliphatic carbocycles. The van der Waals surface area contributed by atoms with Gasteiger partial charge in [0, 0.05) is 16.1 Å². The van der Waals surface area contributed by atoms with Gasteiger partial charge in [0.25, 0.3) is 0 Å². The quantitative estimate of drug-likeness (QED) is 0.271. The molecule has 0 saturated carbocycles. The van der Waals surface area contributed by atoms with Crippen molar-refractivity contribution in [3.05, 3.63) is 36.4 Å². The summed E-state index contributed by atoms with van der Waals surface area (Å²) in [4.78, 5) is 22.3. The largest absolute Gasteiger partial charge is 0.456 e. The molecular weight excluding hydrogens is 497 g/mol. The normalized spacial score (nSPS) is 9.89. The summed E-state index contributed by atoms with van der Waals surface area (Å²) in [6.07, 6.45) is 0. The first-order valence-corrected chi connectivity index (χ1v) is 7.52. The lowest BCUT2D eigenvalue weighted by atomic mass is 10.2.